The van der Waals surface area contributed by atoms with Gasteiger partial charge in [0.05, 0.1) is 5.58 Å². The summed E-state index contributed by atoms with van der Waals surface area (Å²) >= 11 is -1.95. The smallest absolute Gasteiger partial charge is 0.216 e. The molecule has 0 N–H and O–H groups in total. The minimum Gasteiger partial charge on any atom is -0.486 e. The Balaban J connectivity index is 0.000000217. The molecule has 0 aliphatic heterocycles. The van der Waals surface area contributed by atoms with Crippen molar-refractivity contribution in [1.29, 1.82) is 0 Å². The molecule has 2 aromatic carbocycles. The number of benzene rings is 2. The summed E-state index contributed by atoms with van der Waals surface area (Å²) in [5, 5.41) is 2.08. The van der Waals surface area contributed by atoms with Crippen molar-refractivity contribution in [3.05, 3.63) is 108 Å². The third-order valence-electron chi connectivity index (χ3n) is 8.61. The zero-order chi connectivity index (χ0) is 35.0. The Labute approximate surface area is 310 Å². The van der Waals surface area contributed by atoms with Gasteiger partial charge in [-0.3, -0.25) is 0 Å². The molecule has 49 heavy (non-hydrogen) atoms. The minimum atomic E-state index is -1.95. The summed E-state index contributed by atoms with van der Waals surface area (Å²) in [6.07, 6.45) is 5.11. The number of hydrogen-bond donors (Lipinski definition) is 0. The van der Waals surface area contributed by atoms with Gasteiger partial charge in [-0.2, -0.15) is 0 Å². The van der Waals surface area contributed by atoms with E-state index >= 15 is 0 Å². The van der Waals surface area contributed by atoms with Crippen LogP contribution >= 0.6 is 0 Å². The van der Waals surface area contributed by atoms with Gasteiger partial charge >= 0.3 is 158 Å². The van der Waals surface area contributed by atoms with E-state index < -0.39 is 13.3 Å². The summed E-state index contributed by atoms with van der Waals surface area (Å²) in [5.74, 6) is 7.82. The van der Waals surface area contributed by atoms with Crippen LogP contribution in [-0.2, 0) is 31.9 Å². The third kappa shape index (κ3) is 9.36. The Morgan fingerprint density at radius 1 is 0.816 bits per heavy atom. The van der Waals surface area contributed by atoms with Gasteiger partial charge in [-0.25, -0.2) is 4.98 Å². The zero-order valence-corrected chi connectivity index (χ0v) is 35.8. The second kappa shape index (κ2) is 15.0. The summed E-state index contributed by atoms with van der Waals surface area (Å²) in [6, 6.07) is 27.6. The van der Waals surface area contributed by atoms with Gasteiger partial charge in [0.2, 0.25) is 5.71 Å². The summed E-state index contributed by atoms with van der Waals surface area (Å²) in [6.45, 7) is 20.0. The maximum Gasteiger partial charge on any atom is 0.216 e. The fourth-order valence-electron chi connectivity index (χ4n) is 5.97. The van der Waals surface area contributed by atoms with Crippen LogP contribution in [0.3, 0.4) is 0 Å². The molecule has 0 amide bonds. The summed E-state index contributed by atoms with van der Waals surface area (Å²) in [7, 11) is 0. The Kier molecular flexibility index (Phi) is 11.8. The van der Waals surface area contributed by atoms with Gasteiger partial charge in [-0.15, -0.1) is 18.2 Å². The van der Waals surface area contributed by atoms with Crippen LogP contribution in [0, 0.1) is 24.5 Å². The molecule has 0 spiro atoms. The molecule has 4 aromatic heterocycles. The van der Waals surface area contributed by atoms with Gasteiger partial charge in [0.1, 0.15) is 0 Å². The van der Waals surface area contributed by atoms with Crippen LogP contribution in [0.15, 0.2) is 77.5 Å². The van der Waals surface area contributed by atoms with Crippen LogP contribution in [0.2, 0.25) is 17.3 Å². The average molecular weight is 891 g/mol. The Bertz CT molecular complexity index is 2060. The van der Waals surface area contributed by atoms with Gasteiger partial charge in [0, 0.05) is 37.4 Å². The molecular weight excluding hydrogens is 839 g/mol. The second-order valence-corrected chi connectivity index (χ2v) is 27.2. The number of aromatic nitrogens is 3. The molecule has 0 saturated carbocycles. The predicted molar refractivity (Wildman–Crippen MR) is 206 cm³/mol. The van der Waals surface area contributed by atoms with Gasteiger partial charge in [0.15, 0.2) is 0 Å². The monoisotopic (exact) mass is 892 g/mol. The van der Waals surface area contributed by atoms with Crippen molar-refractivity contribution in [2.24, 2.45) is 5.41 Å². The second-order valence-electron chi connectivity index (χ2n) is 16.6. The van der Waals surface area contributed by atoms with Crippen LogP contribution in [0.5, 0.6) is 0 Å². The fourth-order valence-corrected chi connectivity index (χ4v) is 9.27. The molecule has 4 nitrogen and oxygen atoms in total. The molecule has 4 heterocycles. The molecule has 6 rings (SSSR count). The van der Waals surface area contributed by atoms with Crippen LogP contribution in [0.25, 0.3) is 44.6 Å². The normalized spacial score (nSPS) is 12.2. The molecule has 1 radical (unpaired) electrons. The molecule has 0 aliphatic rings. The van der Waals surface area contributed by atoms with E-state index in [1.54, 1.807) is 0 Å². The van der Waals surface area contributed by atoms with E-state index in [1.807, 2.05) is 37.4 Å². The van der Waals surface area contributed by atoms with Gasteiger partial charge in [-0.1, -0.05) is 36.4 Å². The molecule has 0 fully saturated rings. The van der Waals surface area contributed by atoms with Crippen molar-refractivity contribution in [3.8, 4) is 22.5 Å². The Hall–Kier alpha value is -3.12. The first-order chi connectivity index (χ1) is 22.4. The van der Waals surface area contributed by atoms with Crippen LogP contribution in [-0.4, -0.2) is 28.2 Å². The van der Waals surface area contributed by atoms with E-state index in [2.05, 4.69) is 137 Å². The predicted octanol–water partition coefficient (Wildman–Crippen LogP) is 11.3. The summed E-state index contributed by atoms with van der Waals surface area (Å²) in [4.78, 5) is 13.9. The van der Waals surface area contributed by atoms with E-state index in [0.29, 0.717) is 11.6 Å². The van der Waals surface area contributed by atoms with Gasteiger partial charge < -0.3 is 9.40 Å². The molecule has 0 saturated heterocycles. The molecule has 0 unspecified atom stereocenters. The first-order valence-electron chi connectivity index (χ1n) is 17.1. The standard InChI is InChI=1S/C23H34GeN.C20H17N2O.Ir/c1-22(2,3)15-18-14-21(25-16-20(18)24(7,8)9)17-11-10-12-19(13-17)23(4,5)6;1-12(2)14-9-10-21-18(11-14)17-6-4-5-15-16-8-7-13(3)22-20(16)23-19(15)17;/h10,12-14,16H,15H2,1-9H3;4-5,7-12H,1-3H3;/q2*-1;. The number of nitrogens with zero attached hydrogens (tertiary/aromatic N) is 3. The van der Waals surface area contributed by atoms with E-state index in [0.717, 1.165) is 51.0 Å². The molecule has 6 aromatic rings. The number of fused-ring (bicyclic) bond motifs is 3. The number of rotatable bonds is 5. The molecule has 0 aliphatic carbocycles. The van der Waals surface area contributed by atoms with Crippen LogP contribution in [0.4, 0.5) is 0 Å². The van der Waals surface area contributed by atoms with E-state index in [-0.39, 0.29) is 30.9 Å². The topological polar surface area (TPSA) is 51.8 Å². The summed E-state index contributed by atoms with van der Waals surface area (Å²) < 4.78 is 7.57. The Morgan fingerprint density at radius 3 is 2.18 bits per heavy atom. The van der Waals surface area contributed by atoms with Crippen molar-refractivity contribution >= 4 is 39.7 Å². The van der Waals surface area contributed by atoms with Crippen molar-refractivity contribution in [2.45, 2.75) is 97.3 Å². The van der Waals surface area contributed by atoms with Crippen LogP contribution in [0.1, 0.15) is 83.7 Å². The average Bonchev–Trinajstić information content (AvgIpc) is 3.37. The number of pyridine rings is 3. The number of furan rings is 1. The number of hydrogen-bond acceptors (Lipinski definition) is 4. The summed E-state index contributed by atoms with van der Waals surface area (Å²) in [5.41, 5.74) is 10.8. The Morgan fingerprint density at radius 2 is 1.53 bits per heavy atom. The van der Waals surface area contributed by atoms with Crippen LogP contribution < -0.4 is 4.40 Å². The zero-order valence-electron chi connectivity index (χ0n) is 31.3. The SMILES string of the molecule is CC(C)(C)Cc1cc(-c2[c-]ccc(C(C)(C)C)c2)nc[c]1[Ge]([CH3])([CH3])[CH3].Cc1ccc2c(n1)oc1c(-c3cc(C(C)C)ccn3)[c-]ccc12.[Ir]. The van der Waals surface area contributed by atoms with Gasteiger partial charge in [-0.05, 0) is 36.7 Å². The molecular formula is C43H51GeIrN3O-2. The van der Waals surface area contributed by atoms with Crippen molar-refractivity contribution in [2.75, 3.05) is 0 Å². The van der Waals surface area contributed by atoms with Crippen molar-refractivity contribution < 1.29 is 24.5 Å². The molecule has 0 bridgehead atoms. The maximum absolute atomic E-state index is 6.04. The van der Waals surface area contributed by atoms with Crippen molar-refractivity contribution in [1.82, 2.24) is 15.0 Å². The van der Waals surface area contributed by atoms with Gasteiger partial charge in [0.25, 0.3) is 0 Å². The van der Waals surface area contributed by atoms with E-state index in [1.165, 1.54) is 21.1 Å². The van der Waals surface area contributed by atoms with E-state index in [4.69, 9.17) is 9.40 Å². The third-order valence-corrected chi connectivity index (χ3v) is 12.9. The first kappa shape index (κ1) is 38.7. The molecule has 0 atom stereocenters. The van der Waals surface area contributed by atoms with Crippen molar-refractivity contribution in [3.63, 3.8) is 0 Å². The number of aryl methyl sites for hydroxylation is 1. The van der Waals surface area contributed by atoms with E-state index in [9.17, 15) is 0 Å². The largest absolute Gasteiger partial charge is 0.486 e. The quantitative estimate of drug-likeness (QED) is 0.128. The first-order valence-corrected chi connectivity index (χ1v) is 24.4. The minimum absolute atomic E-state index is 0. The molecule has 6 heteroatoms. The fraction of sp³-hybridized carbons (Fsp3) is 0.372. The maximum atomic E-state index is 6.04. The molecule has 259 valence electrons.